The van der Waals surface area contributed by atoms with E-state index in [4.69, 9.17) is 4.42 Å². The van der Waals surface area contributed by atoms with Crippen LogP contribution >= 0.6 is 0 Å². The van der Waals surface area contributed by atoms with Gasteiger partial charge >= 0.3 is 0 Å². The van der Waals surface area contributed by atoms with Crippen LogP contribution in [0.15, 0.2) is 41.0 Å². The molecule has 1 N–H and O–H groups in total. The normalized spacial score (nSPS) is 19.9. The van der Waals surface area contributed by atoms with Crippen molar-refractivity contribution in [2.45, 2.75) is 25.5 Å². The van der Waals surface area contributed by atoms with Gasteiger partial charge in [0.15, 0.2) is 5.76 Å². The van der Waals surface area contributed by atoms with Crippen molar-refractivity contribution in [3.63, 3.8) is 0 Å². The van der Waals surface area contributed by atoms with Gasteiger partial charge in [0.25, 0.3) is 5.91 Å². The fourth-order valence-corrected chi connectivity index (χ4v) is 3.38. The lowest BCUT2D eigenvalue weighted by Gasteiger charge is -2.19. The molecule has 6 nitrogen and oxygen atoms in total. The molecule has 0 unspecified atom stereocenters. The van der Waals surface area contributed by atoms with E-state index in [9.17, 15) is 14.7 Å². The monoisotopic (exact) mass is 326 g/mol. The number of fused-ring (bicyclic) bond motifs is 1. The number of aliphatic hydroxyl groups excluding tert-OH is 1. The second kappa shape index (κ2) is 5.79. The number of carbonyl (C=O) groups excluding carboxylic acids is 2. The Kier molecular flexibility index (Phi) is 3.61. The molecule has 1 saturated heterocycles. The Labute approximate surface area is 139 Å². The lowest BCUT2D eigenvalue weighted by molar-refractivity contribution is -0.117. The molecular weight excluding hydrogens is 308 g/mol. The number of benzene rings is 1. The van der Waals surface area contributed by atoms with Crippen LogP contribution in [0.3, 0.4) is 0 Å². The third-order valence-corrected chi connectivity index (χ3v) is 4.65. The zero-order valence-electron chi connectivity index (χ0n) is 13.1. The summed E-state index contributed by atoms with van der Waals surface area (Å²) < 4.78 is 5.40. The van der Waals surface area contributed by atoms with Crippen LogP contribution in [0.1, 0.15) is 28.1 Å². The number of hydrogen-bond acceptors (Lipinski definition) is 4. The third kappa shape index (κ3) is 2.49. The number of para-hydroxylation sites is 1. The number of likely N-dealkylation sites (tertiary alicyclic amines) is 1. The van der Waals surface area contributed by atoms with Gasteiger partial charge in [-0.1, -0.05) is 18.2 Å². The Morgan fingerprint density at radius 1 is 1.29 bits per heavy atom. The topological polar surface area (TPSA) is 74.0 Å². The first-order chi connectivity index (χ1) is 11.6. The van der Waals surface area contributed by atoms with Gasteiger partial charge in [0.05, 0.1) is 25.3 Å². The molecule has 1 aromatic carbocycles. The third-order valence-electron chi connectivity index (χ3n) is 4.65. The van der Waals surface area contributed by atoms with E-state index in [2.05, 4.69) is 0 Å². The van der Waals surface area contributed by atoms with Gasteiger partial charge < -0.3 is 19.3 Å². The number of hydrogen-bond donors (Lipinski definition) is 1. The number of carbonyl (C=O) groups is 2. The van der Waals surface area contributed by atoms with Gasteiger partial charge in [-0.3, -0.25) is 9.59 Å². The Morgan fingerprint density at radius 3 is 2.92 bits per heavy atom. The summed E-state index contributed by atoms with van der Waals surface area (Å²) in [5.41, 5.74) is 2.58. The molecule has 0 saturated carbocycles. The van der Waals surface area contributed by atoms with Crippen molar-refractivity contribution in [3.05, 3.63) is 53.5 Å². The van der Waals surface area contributed by atoms with Crippen molar-refractivity contribution >= 4 is 17.5 Å². The van der Waals surface area contributed by atoms with Gasteiger partial charge in [-0.25, -0.2) is 0 Å². The maximum atomic E-state index is 12.6. The molecule has 0 spiro atoms. The van der Waals surface area contributed by atoms with E-state index in [0.717, 1.165) is 11.3 Å². The molecule has 24 heavy (non-hydrogen) atoms. The molecule has 124 valence electrons. The Balaban J connectivity index is 1.58. The molecule has 2 aliphatic heterocycles. The molecule has 1 fully saturated rings. The highest BCUT2D eigenvalue weighted by Crippen LogP contribution is 2.31. The molecule has 6 heteroatoms. The van der Waals surface area contributed by atoms with Gasteiger partial charge in [0.1, 0.15) is 0 Å². The van der Waals surface area contributed by atoms with Crippen LogP contribution in [0, 0.1) is 0 Å². The number of nitrogens with zero attached hydrogens (tertiary/aromatic N) is 2. The van der Waals surface area contributed by atoms with E-state index >= 15 is 0 Å². The van der Waals surface area contributed by atoms with E-state index < -0.39 is 6.10 Å². The molecule has 2 aliphatic rings. The largest absolute Gasteiger partial charge is 0.459 e. The van der Waals surface area contributed by atoms with E-state index in [1.54, 1.807) is 15.9 Å². The zero-order valence-corrected chi connectivity index (χ0v) is 13.1. The average molecular weight is 326 g/mol. The maximum absolute atomic E-state index is 12.6. The van der Waals surface area contributed by atoms with Crippen LogP contribution in [-0.4, -0.2) is 41.0 Å². The highest BCUT2D eigenvalue weighted by molar-refractivity contribution is 6.01. The number of β-amino-alcohol motifs (C(OH)–C–C–N with tert-alkyl or cyclic N) is 1. The maximum Gasteiger partial charge on any atom is 0.290 e. The van der Waals surface area contributed by atoms with Gasteiger partial charge in [-0.05, 0) is 24.1 Å². The smallest absolute Gasteiger partial charge is 0.290 e. The Hall–Kier alpha value is -2.60. The second-order valence-electron chi connectivity index (χ2n) is 6.25. The Morgan fingerprint density at radius 2 is 2.12 bits per heavy atom. The summed E-state index contributed by atoms with van der Waals surface area (Å²) in [6.45, 7) is 1.15. The number of amides is 2. The number of anilines is 1. The minimum Gasteiger partial charge on any atom is -0.459 e. The molecule has 0 aliphatic carbocycles. The van der Waals surface area contributed by atoms with Crippen molar-refractivity contribution < 1.29 is 19.1 Å². The lowest BCUT2D eigenvalue weighted by Crippen LogP contribution is -2.31. The summed E-state index contributed by atoms with van der Waals surface area (Å²) in [5.74, 6) is 0.0418. The zero-order chi connectivity index (χ0) is 16.7. The highest BCUT2D eigenvalue weighted by Gasteiger charge is 2.31. The predicted octanol–water partition coefficient (Wildman–Crippen LogP) is 1.58. The SMILES string of the molecule is O=C(c1occc1CN1C(=O)Cc2ccccc21)N1CC[C@@H](O)C1. The predicted molar refractivity (Wildman–Crippen MR) is 86.6 cm³/mol. The van der Waals surface area contributed by atoms with Crippen LogP contribution in [0.25, 0.3) is 0 Å². The van der Waals surface area contributed by atoms with E-state index in [0.29, 0.717) is 38.0 Å². The summed E-state index contributed by atoms with van der Waals surface area (Å²) in [6, 6.07) is 9.41. The summed E-state index contributed by atoms with van der Waals surface area (Å²) >= 11 is 0. The van der Waals surface area contributed by atoms with Crippen molar-refractivity contribution in [1.29, 1.82) is 0 Å². The van der Waals surface area contributed by atoms with Crippen LogP contribution in [0.4, 0.5) is 5.69 Å². The van der Waals surface area contributed by atoms with Gasteiger partial charge in [0.2, 0.25) is 5.91 Å². The van der Waals surface area contributed by atoms with Crippen LogP contribution in [-0.2, 0) is 17.8 Å². The molecule has 2 aromatic rings. The fraction of sp³-hybridized carbons (Fsp3) is 0.333. The van der Waals surface area contributed by atoms with Crippen molar-refractivity contribution in [3.8, 4) is 0 Å². The van der Waals surface area contributed by atoms with Crippen LogP contribution < -0.4 is 4.90 Å². The molecule has 3 heterocycles. The highest BCUT2D eigenvalue weighted by atomic mass is 16.3. The first-order valence-corrected chi connectivity index (χ1v) is 8.05. The van der Waals surface area contributed by atoms with Crippen molar-refractivity contribution in [2.24, 2.45) is 0 Å². The molecule has 2 amide bonds. The Bertz CT molecular complexity index is 798. The molecular formula is C18H18N2O4. The molecule has 0 radical (unpaired) electrons. The fourth-order valence-electron chi connectivity index (χ4n) is 3.38. The summed E-state index contributed by atoms with van der Waals surface area (Å²) in [6.07, 6.45) is 1.97. The summed E-state index contributed by atoms with van der Waals surface area (Å²) in [7, 11) is 0. The van der Waals surface area contributed by atoms with Gasteiger partial charge in [-0.2, -0.15) is 0 Å². The van der Waals surface area contributed by atoms with Gasteiger partial charge in [0, 0.05) is 24.3 Å². The number of aliphatic hydroxyl groups is 1. The summed E-state index contributed by atoms with van der Waals surface area (Å²) in [5, 5.41) is 9.61. The lowest BCUT2D eigenvalue weighted by atomic mass is 10.1. The molecule has 1 atom stereocenters. The molecule has 1 aromatic heterocycles. The standard InChI is InChI=1S/C18H18N2O4/c21-14-5-7-19(11-14)18(23)17-13(6-8-24-17)10-20-15-4-2-1-3-12(15)9-16(20)22/h1-4,6,8,14,21H,5,7,9-11H2/t14-/m1/s1. The number of rotatable bonds is 3. The molecule has 4 rings (SSSR count). The number of furan rings is 1. The van der Waals surface area contributed by atoms with E-state index in [1.165, 1.54) is 6.26 Å². The first kappa shape index (κ1) is 15.0. The quantitative estimate of drug-likeness (QED) is 0.929. The second-order valence-corrected chi connectivity index (χ2v) is 6.25. The first-order valence-electron chi connectivity index (χ1n) is 8.05. The minimum atomic E-state index is -0.473. The van der Waals surface area contributed by atoms with Gasteiger partial charge in [-0.15, -0.1) is 0 Å². The van der Waals surface area contributed by atoms with Crippen LogP contribution in [0.5, 0.6) is 0 Å². The average Bonchev–Trinajstić information content (AvgIpc) is 3.27. The molecule has 0 bridgehead atoms. The summed E-state index contributed by atoms with van der Waals surface area (Å²) in [4.78, 5) is 28.2. The van der Waals surface area contributed by atoms with E-state index in [1.807, 2.05) is 24.3 Å². The van der Waals surface area contributed by atoms with Crippen molar-refractivity contribution in [1.82, 2.24) is 4.90 Å². The van der Waals surface area contributed by atoms with Crippen LogP contribution in [0.2, 0.25) is 0 Å². The van der Waals surface area contributed by atoms with Crippen molar-refractivity contribution in [2.75, 3.05) is 18.0 Å². The minimum absolute atomic E-state index is 0.0207. The van der Waals surface area contributed by atoms with E-state index in [-0.39, 0.29) is 17.6 Å².